The zero-order valence-corrected chi connectivity index (χ0v) is 14.8. The Morgan fingerprint density at radius 2 is 2.04 bits per heavy atom. The number of amides is 1. The van der Waals surface area contributed by atoms with E-state index in [1.165, 1.54) is 6.07 Å². The summed E-state index contributed by atoms with van der Waals surface area (Å²) in [5, 5.41) is 3.04. The van der Waals surface area contributed by atoms with Gasteiger partial charge >= 0.3 is 0 Å². The molecular weight excluding hydrogens is 329 g/mol. The smallest absolute Gasteiger partial charge is 0.224 e. The Morgan fingerprint density at radius 3 is 2.71 bits per heavy atom. The molecule has 0 unspecified atom stereocenters. The molecular formula is C19H21ClFNO2. The standard InChI is InChI=1S/C19H21ClFNO2/c1-4-13-9-16(20)18(8-12(13)2)24-11-15-14(10-19(23)22-3)6-5-7-17(15)21/h5-9H,4,10-11H2,1-3H3,(H,22,23). The molecule has 0 atom stereocenters. The van der Waals surface area contributed by atoms with Gasteiger partial charge in [0.2, 0.25) is 5.91 Å². The first-order valence-electron chi connectivity index (χ1n) is 7.84. The minimum absolute atomic E-state index is 0.0175. The number of carbonyl (C=O) groups is 1. The Labute approximate surface area is 146 Å². The maximum atomic E-state index is 14.2. The fourth-order valence-electron chi connectivity index (χ4n) is 2.53. The van der Waals surface area contributed by atoms with Crippen molar-refractivity contribution >= 4 is 17.5 Å². The lowest BCUT2D eigenvalue weighted by Gasteiger charge is -2.14. The van der Waals surface area contributed by atoms with Gasteiger partial charge in [-0.2, -0.15) is 0 Å². The van der Waals surface area contributed by atoms with Gasteiger partial charge in [0.15, 0.2) is 0 Å². The molecule has 0 aromatic heterocycles. The fraction of sp³-hybridized carbons (Fsp3) is 0.316. The minimum Gasteiger partial charge on any atom is -0.487 e. The zero-order valence-electron chi connectivity index (χ0n) is 14.1. The van der Waals surface area contributed by atoms with E-state index in [0.717, 1.165) is 17.5 Å². The van der Waals surface area contributed by atoms with E-state index < -0.39 is 5.82 Å². The van der Waals surface area contributed by atoms with E-state index in [-0.39, 0.29) is 18.9 Å². The third-order valence-corrected chi connectivity index (χ3v) is 4.28. The Bertz CT molecular complexity index is 746. The van der Waals surface area contributed by atoms with Crippen molar-refractivity contribution in [3.05, 3.63) is 63.4 Å². The van der Waals surface area contributed by atoms with Gasteiger partial charge in [0.1, 0.15) is 18.2 Å². The summed E-state index contributed by atoms with van der Waals surface area (Å²) in [4.78, 5) is 11.6. The van der Waals surface area contributed by atoms with Crippen LogP contribution in [0.4, 0.5) is 4.39 Å². The molecule has 0 bridgehead atoms. The number of carbonyl (C=O) groups excluding carboxylic acids is 1. The van der Waals surface area contributed by atoms with E-state index in [2.05, 4.69) is 12.2 Å². The van der Waals surface area contributed by atoms with E-state index in [0.29, 0.717) is 21.9 Å². The Morgan fingerprint density at radius 1 is 1.29 bits per heavy atom. The molecule has 1 amide bonds. The van der Waals surface area contributed by atoms with Gasteiger partial charge in [-0.25, -0.2) is 4.39 Å². The Hall–Kier alpha value is -2.07. The first-order valence-corrected chi connectivity index (χ1v) is 8.22. The highest BCUT2D eigenvalue weighted by molar-refractivity contribution is 6.32. The first-order chi connectivity index (χ1) is 11.5. The lowest BCUT2D eigenvalue weighted by Crippen LogP contribution is -2.21. The van der Waals surface area contributed by atoms with Gasteiger partial charge in [0, 0.05) is 12.6 Å². The number of hydrogen-bond donors (Lipinski definition) is 1. The Balaban J connectivity index is 2.23. The summed E-state index contributed by atoms with van der Waals surface area (Å²) < 4.78 is 19.9. The summed E-state index contributed by atoms with van der Waals surface area (Å²) in [6.07, 6.45) is 0.990. The van der Waals surface area contributed by atoms with Crippen LogP contribution in [0.1, 0.15) is 29.2 Å². The molecule has 5 heteroatoms. The van der Waals surface area contributed by atoms with Crippen LogP contribution in [-0.2, 0) is 24.2 Å². The maximum Gasteiger partial charge on any atom is 0.224 e. The lowest BCUT2D eigenvalue weighted by atomic mass is 10.0. The van der Waals surface area contributed by atoms with E-state index in [1.807, 2.05) is 19.1 Å². The molecule has 0 aliphatic heterocycles. The molecule has 2 rings (SSSR count). The monoisotopic (exact) mass is 349 g/mol. The largest absolute Gasteiger partial charge is 0.487 e. The second kappa shape index (κ2) is 8.15. The summed E-state index contributed by atoms with van der Waals surface area (Å²) in [6.45, 7) is 4.06. The van der Waals surface area contributed by atoms with Crippen LogP contribution in [0.3, 0.4) is 0 Å². The predicted octanol–water partition coefficient (Wildman–Crippen LogP) is 4.22. The molecule has 24 heavy (non-hydrogen) atoms. The van der Waals surface area contributed by atoms with Crippen LogP contribution in [-0.4, -0.2) is 13.0 Å². The molecule has 0 aliphatic rings. The van der Waals surface area contributed by atoms with Crippen LogP contribution >= 0.6 is 11.6 Å². The summed E-state index contributed by atoms with van der Waals surface area (Å²) in [7, 11) is 1.55. The topological polar surface area (TPSA) is 38.3 Å². The van der Waals surface area contributed by atoms with Crippen molar-refractivity contribution in [2.45, 2.75) is 33.3 Å². The molecule has 1 N–H and O–H groups in total. The normalized spacial score (nSPS) is 10.5. The first kappa shape index (κ1) is 18.3. The second-order valence-electron chi connectivity index (χ2n) is 5.58. The molecule has 0 spiro atoms. The zero-order chi connectivity index (χ0) is 17.7. The van der Waals surface area contributed by atoms with Crippen molar-refractivity contribution in [3.8, 4) is 5.75 Å². The number of likely N-dealkylation sites (N-methyl/N-ethyl adjacent to an activating group) is 1. The van der Waals surface area contributed by atoms with Crippen molar-refractivity contribution in [1.29, 1.82) is 0 Å². The average Bonchev–Trinajstić information content (AvgIpc) is 2.56. The van der Waals surface area contributed by atoms with Gasteiger partial charge < -0.3 is 10.1 Å². The molecule has 0 saturated heterocycles. The van der Waals surface area contributed by atoms with Crippen LogP contribution in [0.25, 0.3) is 0 Å². The molecule has 128 valence electrons. The molecule has 0 saturated carbocycles. The highest BCUT2D eigenvalue weighted by Crippen LogP contribution is 2.29. The molecule has 3 nitrogen and oxygen atoms in total. The SMILES string of the molecule is CCc1cc(Cl)c(OCc2c(F)cccc2CC(=O)NC)cc1C. The number of hydrogen-bond acceptors (Lipinski definition) is 2. The van der Waals surface area contributed by atoms with E-state index in [9.17, 15) is 9.18 Å². The van der Waals surface area contributed by atoms with Crippen LogP contribution in [0.5, 0.6) is 5.75 Å². The summed E-state index contributed by atoms with van der Waals surface area (Å²) in [5.74, 6) is -0.0574. The average molecular weight is 350 g/mol. The number of aryl methyl sites for hydroxylation is 2. The van der Waals surface area contributed by atoms with E-state index in [4.69, 9.17) is 16.3 Å². The quantitative estimate of drug-likeness (QED) is 0.848. The predicted molar refractivity (Wildman–Crippen MR) is 94.1 cm³/mol. The van der Waals surface area contributed by atoms with Crippen LogP contribution < -0.4 is 10.1 Å². The van der Waals surface area contributed by atoms with Crippen molar-refractivity contribution < 1.29 is 13.9 Å². The molecule has 0 aliphatic carbocycles. The number of ether oxygens (including phenoxy) is 1. The number of rotatable bonds is 6. The second-order valence-corrected chi connectivity index (χ2v) is 5.99. The maximum absolute atomic E-state index is 14.2. The van der Waals surface area contributed by atoms with Gasteiger partial charge in [-0.3, -0.25) is 4.79 Å². The van der Waals surface area contributed by atoms with Crippen molar-refractivity contribution in [2.24, 2.45) is 0 Å². The van der Waals surface area contributed by atoms with Gasteiger partial charge in [-0.1, -0.05) is 30.7 Å². The van der Waals surface area contributed by atoms with Gasteiger partial charge in [-0.15, -0.1) is 0 Å². The minimum atomic E-state index is -0.394. The molecule has 0 radical (unpaired) electrons. The number of benzene rings is 2. The summed E-state index contributed by atoms with van der Waals surface area (Å²) in [5.41, 5.74) is 3.20. The molecule has 0 heterocycles. The van der Waals surface area contributed by atoms with Crippen molar-refractivity contribution in [1.82, 2.24) is 5.32 Å². The lowest BCUT2D eigenvalue weighted by molar-refractivity contribution is -0.119. The van der Waals surface area contributed by atoms with Gasteiger partial charge in [0.25, 0.3) is 0 Å². The summed E-state index contributed by atoms with van der Waals surface area (Å²) in [6, 6.07) is 8.41. The third-order valence-electron chi connectivity index (χ3n) is 3.99. The highest BCUT2D eigenvalue weighted by atomic mass is 35.5. The fourth-order valence-corrected chi connectivity index (χ4v) is 2.77. The molecule has 2 aromatic rings. The van der Waals surface area contributed by atoms with Gasteiger partial charge in [0.05, 0.1) is 11.4 Å². The van der Waals surface area contributed by atoms with E-state index in [1.54, 1.807) is 19.2 Å². The summed E-state index contributed by atoms with van der Waals surface area (Å²) >= 11 is 6.25. The third kappa shape index (κ3) is 4.26. The number of nitrogens with one attached hydrogen (secondary N) is 1. The van der Waals surface area contributed by atoms with Crippen molar-refractivity contribution in [3.63, 3.8) is 0 Å². The van der Waals surface area contributed by atoms with E-state index >= 15 is 0 Å². The van der Waals surface area contributed by atoms with Crippen LogP contribution in [0, 0.1) is 12.7 Å². The molecule has 2 aromatic carbocycles. The van der Waals surface area contributed by atoms with Crippen molar-refractivity contribution in [2.75, 3.05) is 7.05 Å². The van der Waals surface area contributed by atoms with Crippen LogP contribution in [0.2, 0.25) is 5.02 Å². The highest BCUT2D eigenvalue weighted by Gasteiger charge is 2.13. The van der Waals surface area contributed by atoms with Gasteiger partial charge in [-0.05, 0) is 48.2 Å². The number of halogens is 2. The Kier molecular flexibility index (Phi) is 6.21. The molecule has 0 fully saturated rings. The van der Waals surface area contributed by atoms with Crippen LogP contribution in [0.15, 0.2) is 30.3 Å².